The van der Waals surface area contributed by atoms with E-state index in [0.29, 0.717) is 29.1 Å². The number of hydrogen-bond acceptors (Lipinski definition) is 6. The second kappa shape index (κ2) is 12.8. The van der Waals surface area contributed by atoms with Crippen molar-refractivity contribution in [1.29, 1.82) is 0 Å². The summed E-state index contributed by atoms with van der Waals surface area (Å²) in [7, 11) is 0. The first-order chi connectivity index (χ1) is 19.1. The summed E-state index contributed by atoms with van der Waals surface area (Å²) in [5.41, 5.74) is 0.801. The quantitative estimate of drug-likeness (QED) is 0.308. The molecule has 0 saturated carbocycles. The molecule has 0 radical (unpaired) electrons. The van der Waals surface area contributed by atoms with Gasteiger partial charge in [0.25, 0.3) is 0 Å². The van der Waals surface area contributed by atoms with E-state index in [-0.39, 0.29) is 17.8 Å². The van der Waals surface area contributed by atoms with Crippen LogP contribution >= 0.6 is 0 Å². The molecule has 2 bridgehead atoms. The standard InChI is InChI=1S/C28H34N2O4.C2HF3O2/c1-28(2,3)27(33)29-25(22-12-8-5-9-13-22)26(32)34-24-19-30(16-14-21(24)15-17-30)18-23(31)20-10-6-4-7-11-20;3-2(4,5)1(6)7/h4-13,21,24-25H,14-19H2,1-3H3;(H,6,7)/t21?,24-,25?,30?;/m0./s1. The Morgan fingerprint density at radius 3 is 1.95 bits per heavy atom. The number of hydrogen-bond donors (Lipinski definition) is 1. The number of amides is 1. The van der Waals surface area contributed by atoms with Crippen LogP contribution in [0.2, 0.25) is 0 Å². The van der Waals surface area contributed by atoms with Gasteiger partial charge in [0.2, 0.25) is 11.7 Å². The van der Waals surface area contributed by atoms with Crippen molar-refractivity contribution in [2.24, 2.45) is 11.3 Å². The molecule has 3 aliphatic heterocycles. The lowest BCUT2D eigenvalue weighted by atomic mass is 9.82. The molecule has 8 nitrogen and oxygen atoms in total. The molecule has 1 N–H and O–H groups in total. The molecule has 5 rings (SSSR count). The lowest BCUT2D eigenvalue weighted by Crippen LogP contribution is -2.66. The smallest absolute Gasteiger partial charge is 0.430 e. The van der Waals surface area contributed by atoms with Crippen LogP contribution in [0.15, 0.2) is 60.7 Å². The molecule has 3 aliphatic rings. The molecule has 2 aromatic carbocycles. The first kappa shape index (κ1) is 31.8. The van der Waals surface area contributed by atoms with E-state index in [1.165, 1.54) is 0 Å². The fourth-order valence-electron chi connectivity index (χ4n) is 5.09. The summed E-state index contributed by atoms with van der Waals surface area (Å²) in [5, 5.41) is 11.7. The number of carboxylic acid groups (broad SMARTS) is 1. The Balaban J connectivity index is 0.000000587. The van der Waals surface area contributed by atoms with Gasteiger partial charge in [-0.05, 0) is 5.56 Å². The maximum absolute atomic E-state index is 13.4. The number of carbonyl (C=O) groups is 4. The van der Waals surface area contributed by atoms with Crippen LogP contribution in [0.1, 0.15) is 55.6 Å². The lowest BCUT2D eigenvalue weighted by molar-refractivity contribution is -0.938. The number of ketones is 1. The maximum atomic E-state index is 13.4. The van der Waals surface area contributed by atoms with Gasteiger partial charge in [0.05, 0.1) is 13.1 Å². The van der Waals surface area contributed by atoms with E-state index in [0.717, 1.165) is 31.5 Å². The van der Waals surface area contributed by atoms with E-state index >= 15 is 0 Å². The summed E-state index contributed by atoms with van der Waals surface area (Å²) < 4.78 is 38.3. The van der Waals surface area contributed by atoms with Crippen LogP contribution in [-0.4, -0.2) is 66.6 Å². The number of alkyl halides is 3. The number of fused-ring (bicyclic) bond motifs is 3. The fraction of sp³-hybridized carbons (Fsp3) is 0.467. The largest absolute Gasteiger partial charge is 0.542 e. The van der Waals surface area contributed by atoms with Crippen molar-refractivity contribution in [3.8, 4) is 0 Å². The molecule has 11 heteroatoms. The molecule has 1 unspecified atom stereocenters. The highest BCUT2D eigenvalue weighted by molar-refractivity contribution is 5.97. The number of nitrogens with zero attached hydrogens (tertiary/aromatic N) is 1. The highest BCUT2D eigenvalue weighted by atomic mass is 19.4. The van der Waals surface area contributed by atoms with Gasteiger partial charge in [0.15, 0.2) is 12.1 Å². The number of piperidine rings is 3. The second-order valence-corrected chi connectivity index (χ2v) is 11.6. The fourth-order valence-corrected chi connectivity index (χ4v) is 5.09. The van der Waals surface area contributed by atoms with Gasteiger partial charge < -0.3 is 24.4 Å². The number of nitrogens with one attached hydrogen (secondary N) is 1. The summed E-state index contributed by atoms with van der Waals surface area (Å²) in [4.78, 5) is 47.9. The highest BCUT2D eigenvalue weighted by Gasteiger charge is 2.49. The maximum Gasteiger partial charge on any atom is 0.430 e. The number of carbonyl (C=O) groups excluding carboxylic acids is 4. The van der Waals surface area contributed by atoms with Crippen molar-refractivity contribution in [2.45, 2.75) is 51.9 Å². The number of rotatable bonds is 7. The zero-order valence-electron chi connectivity index (χ0n) is 23.3. The number of aliphatic carboxylic acids is 1. The van der Waals surface area contributed by atoms with Crippen molar-refractivity contribution in [1.82, 2.24) is 5.32 Å². The van der Waals surface area contributed by atoms with E-state index in [9.17, 15) is 27.6 Å². The first-order valence-corrected chi connectivity index (χ1v) is 13.4. The van der Waals surface area contributed by atoms with Gasteiger partial charge in [0.1, 0.15) is 19.1 Å². The summed E-state index contributed by atoms with van der Waals surface area (Å²) in [6.45, 7) is 8.39. The van der Waals surface area contributed by atoms with Crippen molar-refractivity contribution >= 4 is 23.6 Å². The minimum Gasteiger partial charge on any atom is -0.542 e. The molecule has 3 fully saturated rings. The number of ether oxygens (including phenoxy) is 1. The molecule has 3 saturated heterocycles. The van der Waals surface area contributed by atoms with Gasteiger partial charge in [0, 0.05) is 29.7 Å². The summed E-state index contributed by atoms with van der Waals surface area (Å²) in [5.74, 6) is -3.22. The third-order valence-electron chi connectivity index (χ3n) is 7.44. The van der Waals surface area contributed by atoms with Gasteiger partial charge in [-0.2, -0.15) is 13.2 Å². The molecule has 41 heavy (non-hydrogen) atoms. The van der Waals surface area contributed by atoms with Gasteiger partial charge in [-0.25, -0.2) is 4.79 Å². The van der Waals surface area contributed by atoms with Crippen LogP contribution in [0, 0.1) is 11.3 Å². The molecule has 2 atom stereocenters. The van der Waals surface area contributed by atoms with Crippen molar-refractivity contribution in [3.63, 3.8) is 0 Å². The Morgan fingerprint density at radius 2 is 1.46 bits per heavy atom. The van der Waals surface area contributed by atoms with Crippen molar-refractivity contribution < 1.29 is 46.7 Å². The Morgan fingerprint density at radius 1 is 0.951 bits per heavy atom. The topological polar surface area (TPSA) is 113 Å². The number of benzene rings is 2. The number of carboxylic acids is 1. The molecule has 3 heterocycles. The minimum absolute atomic E-state index is 0.130. The number of quaternary nitrogens is 1. The van der Waals surface area contributed by atoms with Crippen molar-refractivity contribution in [3.05, 3.63) is 71.8 Å². The summed E-state index contributed by atoms with van der Waals surface area (Å²) >= 11 is 0. The molecule has 2 aromatic rings. The zero-order valence-corrected chi connectivity index (χ0v) is 23.3. The van der Waals surface area contributed by atoms with Crippen LogP contribution in [0.5, 0.6) is 0 Å². The Kier molecular flexibility index (Phi) is 9.96. The second-order valence-electron chi connectivity index (χ2n) is 11.6. The normalized spacial score (nSPS) is 22.5. The summed E-state index contributed by atoms with van der Waals surface area (Å²) in [6.07, 6.45) is -3.58. The molecule has 222 valence electrons. The van der Waals surface area contributed by atoms with E-state index in [1.807, 2.05) is 81.4 Å². The zero-order chi connectivity index (χ0) is 30.4. The third-order valence-corrected chi connectivity index (χ3v) is 7.44. The van der Waals surface area contributed by atoms with Crippen LogP contribution in [0.4, 0.5) is 13.2 Å². The molecular formula is C30H35F3N2O6. The van der Waals surface area contributed by atoms with Gasteiger partial charge in [-0.1, -0.05) is 81.4 Å². The van der Waals surface area contributed by atoms with E-state index < -0.39 is 29.6 Å². The molecule has 0 aliphatic carbocycles. The Hall–Kier alpha value is -3.73. The van der Waals surface area contributed by atoms with Crippen LogP contribution < -0.4 is 10.4 Å². The van der Waals surface area contributed by atoms with E-state index in [1.54, 1.807) is 0 Å². The molecule has 0 aromatic heterocycles. The molecule has 1 amide bonds. The number of halogens is 3. The van der Waals surface area contributed by atoms with Crippen molar-refractivity contribution in [2.75, 3.05) is 26.2 Å². The molecule has 0 spiro atoms. The van der Waals surface area contributed by atoms with E-state index in [2.05, 4.69) is 5.32 Å². The third kappa shape index (κ3) is 8.63. The van der Waals surface area contributed by atoms with Crippen LogP contribution in [0.25, 0.3) is 0 Å². The van der Waals surface area contributed by atoms with Crippen LogP contribution in [-0.2, 0) is 19.1 Å². The Bertz CT molecular complexity index is 1220. The van der Waals surface area contributed by atoms with Gasteiger partial charge in [-0.15, -0.1) is 0 Å². The first-order valence-electron chi connectivity index (χ1n) is 13.4. The molecular weight excluding hydrogens is 541 g/mol. The average Bonchev–Trinajstić information content (AvgIpc) is 2.92. The van der Waals surface area contributed by atoms with Crippen LogP contribution in [0.3, 0.4) is 0 Å². The monoisotopic (exact) mass is 576 g/mol. The predicted octanol–water partition coefficient (Wildman–Crippen LogP) is 3.22. The van der Waals surface area contributed by atoms with E-state index in [4.69, 9.17) is 14.6 Å². The average molecular weight is 577 g/mol. The Labute approximate surface area is 237 Å². The number of Topliss-reactive ketones (excluding diaryl/α,β-unsaturated/α-hetero) is 1. The highest BCUT2D eigenvalue weighted by Crippen LogP contribution is 2.36. The predicted molar refractivity (Wildman–Crippen MR) is 141 cm³/mol. The number of esters is 1. The SMILES string of the molecule is CC(C)(C)C(=O)NC(C(=O)O[C@H]1C[N+]2(CC(=O)c3ccccc3)CCC1CC2)c1ccccc1.O=C([O-])C(F)(F)F. The van der Waals surface area contributed by atoms with Gasteiger partial charge >= 0.3 is 12.1 Å². The summed E-state index contributed by atoms with van der Waals surface area (Å²) in [6, 6.07) is 17.8. The lowest BCUT2D eigenvalue weighted by Gasteiger charge is -2.51. The minimum atomic E-state index is -5.19. The van der Waals surface area contributed by atoms with Gasteiger partial charge in [-0.3, -0.25) is 9.59 Å².